The number of hydrogen-bond donors (Lipinski definition) is 2. The number of hydrogen-bond acceptors (Lipinski definition) is 5. The molecule has 0 atom stereocenters. The molecule has 0 saturated carbocycles. The quantitative estimate of drug-likeness (QED) is 0.436. The summed E-state index contributed by atoms with van der Waals surface area (Å²) in [6.45, 7) is 2.28. The van der Waals surface area contributed by atoms with Crippen molar-refractivity contribution in [2.75, 3.05) is 13.2 Å². The standard InChI is InChI=1S/C23H19FN2O4S/c1-15-22(23(29)25-12-13-30-19-9-7-18(24)8-10-19)31-20(26-15)11-6-16-2-4-17(5-3-16)14-21(27)28/h2-5,7-10H,12-14H2,1H3,(H,25,29)(H,27,28). The lowest BCUT2D eigenvalue weighted by Crippen LogP contribution is -2.27. The summed E-state index contributed by atoms with van der Waals surface area (Å²) in [5, 5.41) is 12.1. The molecule has 0 fully saturated rings. The molecule has 158 valence electrons. The van der Waals surface area contributed by atoms with E-state index in [1.165, 1.54) is 35.6 Å². The summed E-state index contributed by atoms with van der Waals surface area (Å²) < 4.78 is 18.3. The summed E-state index contributed by atoms with van der Waals surface area (Å²) in [5.74, 6) is 4.95. The predicted molar refractivity (Wildman–Crippen MR) is 115 cm³/mol. The number of carbonyl (C=O) groups is 2. The minimum atomic E-state index is -0.884. The molecule has 1 aromatic heterocycles. The molecule has 3 rings (SSSR count). The van der Waals surface area contributed by atoms with Gasteiger partial charge in [-0.25, -0.2) is 9.37 Å². The Bertz CT molecular complexity index is 1130. The van der Waals surface area contributed by atoms with Gasteiger partial charge >= 0.3 is 5.97 Å². The highest BCUT2D eigenvalue weighted by Crippen LogP contribution is 2.17. The average Bonchev–Trinajstić information content (AvgIpc) is 3.12. The molecule has 0 saturated heterocycles. The number of carbonyl (C=O) groups excluding carboxylic acids is 1. The summed E-state index contributed by atoms with van der Waals surface area (Å²) >= 11 is 1.20. The maximum absolute atomic E-state index is 12.9. The van der Waals surface area contributed by atoms with E-state index in [0.717, 1.165) is 5.56 Å². The molecule has 8 heteroatoms. The number of aromatic nitrogens is 1. The smallest absolute Gasteiger partial charge is 0.307 e. The van der Waals surface area contributed by atoms with Gasteiger partial charge in [-0.15, -0.1) is 11.3 Å². The van der Waals surface area contributed by atoms with Crippen LogP contribution in [0.15, 0.2) is 48.5 Å². The first-order chi connectivity index (χ1) is 14.9. The highest BCUT2D eigenvalue weighted by atomic mass is 32.1. The third kappa shape index (κ3) is 6.66. The van der Waals surface area contributed by atoms with Gasteiger partial charge < -0.3 is 15.2 Å². The molecule has 0 aliphatic rings. The predicted octanol–water partition coefficient (Wildman–Crippen LogP) is 3.43. The van der Waals surface area contributed by atoms with Crippen LogP contribution in [0.1, 0.15) is 31.5 Å². The van der Waals surface area contributed by atoms with Crippen molar-refractivity contribution in [2.24, 2.45) is 0 Å². The first-order valence-corrected chi connectivity index (χ1v) is 10.2. The SMILES string of the molecule is Cc1nc(C#Cc2ccc(CC(=O)O)cc2)sc1C(=O)NCCOc1ccc(F)cc1. The Morgan fingerprint density at radius 3 is 2.52 bits per heavy atom. The van der Waals surface area contributed by atoms with Crippen LogP contribution in [0.3, 0.4) is 0 Å². The second-order valence-corrected chi connectivity index (χ2v) is 7.51. The number of halogens is 1. The lowest BCUT2D eigenvalue weighted by atomic mass is 10.1. The molecule has 3 aromatic rings. The molecule has 2 N–H and O–H groups in total. The number of thiazole rings is 1. The van der Waals surface area contributed by atoms with Crippen LogP contribution in [0.4, 0.5) is 4.39 Å². The fourth-order valence-electron chi connectivity index (χ4n) is 2.61. The number of carboxylic acid groups (broad SMARTS) is 1. The van der Waals surface area contributed by atoms with Crippen LogP contribution in [0.5, 0.6) is 5.75 Å². The number of aryl methyl sites for hydroxylation is 1. The fourth-order valence-corrected chi connectivity index (χ4v) is 3.45. The molecule has 6 nitrogen and oxygen atoms in total. The molecular weight excluding hydrogens is 419 g/mol. The molecule has 0 aliphatic carbocycles. The molecule has 1 amide bonds. The van der Waals surface area contributed by atoms with Crippen LogP contribution < -0.4 is 10.1 Å². The van der Waals surface area contributed by atoms with Gasteiger partial charge in [-0.2, -0.15) is 0 Å². The van der Waals surface area contributed by atoms with Gasteiger partial charge in [-0.1, -0.05) is 18.1 Å². The van der Waals surface area contributed by atoms with E-state index in [-0.39, 0.29) is 31.3 Å². The second-order valence-electron chi connectivity index (χ2n) is 6.51. The van der Waals surface area contributed by atoms with Gasteiger partial charge in [0.2, 0.25) is 0 Å². The van der Waals surface area contributed by atoms with E-state index in [1.54, 1.807) is 31.2 Å². The third-order valence-electron chi connectivity index (χ3n) is 4.10. The number of nitrogens with zero attached hydrogens (tertiary/aromatic N) is 1. The maximum Gasteiger partial charge on any atom is 0.307 e. The van der Waals surface area contributed by atoms with E-state index in [2.05, 4.69) is 22.1 Å². The van der Waals surface area contributed by atoms with Crippen molar-refractivity contribution in [2.45, 2.75) is 13.3 Å². The topological polar surface area (TPSA) is 88.5 Å². The number of ether oxygens (including phenoxy) is 1. The van der Waals surface area contributed by atoms with Gasteiger partial charge in [0.05, 0.1) is 18.7 Å². The van der Waals surface area contributed by atoms with Crippen LogP contribution in [0, 0.1) is 24.6 Å². The Morgan fingerprint density at radius 1 is 1.13 bits per heavy atom. The molecule has 0 spiro atoms. The van der Waals surface area contributed by atoms with Crippen molar-refractivity contribution < 1.29 is 23.8 Å². The van der Waals surface area contributed by atoms with E-state index in [0.29, 0.717) is 26.9 Å². The van der Waals surface area contributed by atoms with Crippen LogP contribution in [-0.4, -0.2) is 35.1 Å². The van der Waals surface area contributed by atoms with Crippen molar-refractivity contribution in [1.29, 1.82) is 0 Å². The number of carboxylic acids is 1. The molecule has 31 heavy (non-hydrogen) atoms. The van der Waals surface area contributed by atoms with Gasteiger partial charge in [0.25, 0.3) is 5.91 Å². The zero-order valence-electron chi connectivity index (χ0n) is 16.6. The van der Waals surface area contributed by atoms with Gasteiger partial charge in [0.1, 0.15) is 23.1 Å². The summed E-state index contributed by atoms with van der Waals surface area (Å²) in [6.07, 6.45) is -0.0349. The molecular formula is C23H19FN2O4S. The van der Waals surface area contributed by atoms with Gasteiger partial charge in [-0.3, -0.25) is 9.59 Å². The average molecular weight is 438 g/mol. The highest BCUT2D eigenvalue weighted by molar-refractivity contribution is 7.14. The molecule has 1 heterocycles. The number of aliphatic carboxylic acids is 1. The van der Waals surface area contributed by atoms with Crippen molar-refractivity contribution in [3.8, 4) is 17.6 Å². The molecule has 2 aromatic carbocycles. The highest BCUT2D eigenvalue weighted by Gasteiger charge is 2.14. The second kappa shape index (κ2) is 10.4. The van der Waals surface area contributed by atoms with Crippen molar-refractivity contribution in [3.63, 3.8) is 0 Å². The normalized spacial score (nSPS) is 10.1. The maximum atomic E-state index is 12.9. The Hall–Kier alpha value is -3.70. The van der Waals surface area contributed by atoms with Crippen LogP contribution >= 0.6 is 11.3 Å². The molecule has 0 bridgehead atoms. The van der Waals surface area contributed by atoms with E-state index < -0.39 is 5.97 Å². The van der Waals surface area contributed by atoms with E-state index in [4.69, 9.17) is 9.84 Å². The van der Waals surface area contributed by atoms with E-state index in [9.17, 15) is 14.0 Å². The minimum Gasteiger partial charge on any atom is -0.492 e. The Kier molecular flexibility index (Phi) is 7.35. The lowest BCUT2D eigenvalue weighted by molar-refractivity contribution is -0.136. The Labute approximate surface area is 182 Å². The van der Waals surface area contributed by atoms with E-state index in [1.807, 2.05) is 0 Å². The molecule has 0 aliphatic heterocycles. The van der Waals surface area contributed by atoms with Gasteiger partial charge in [-0.05, 0) is 54.8 Å². The summed E-state index contributed by atoms with van der Waals surface area (Å²) in [5.41, 5.74) is 2.01. The first kappa shape index (κ1) is 22.0. The zero-order valence-corrected chi connectivity index (χ0v) is 17.5. The van der Waals surface area contributed by atoms with Gasteiger partial charge in [0.15, 0.2) is 5.01 Å². The Balaban J connectivity index is 1.54. The van der Waals surface area contributed by atoms with Crippen molar-refractivity contribution in [3.05, 3.63) is 81.1 Å². The lowest BCUT2D eigenvalue weighted by Gasteiger charge is -2.07. The van der Waals surface area contributed by atoms with Crippen molar-refractivity contribution in [1.82, 2.24) is 10.3 Å². The number of rotatable bonds is 7. The number of benzene rings is 2. The van der Waals surface area contributed by atoms with Crippen molar-refractivity contribution >= 4 is 23.2 Å². The largest absolute Gasteiger partial charge is 0.492 e. The van der Waals surface area contributed by atoms with Crippen LogP contribution in [0.25, 0.3) is 0 Å². The fraction of sp³-hybridized carbons (Fsp3) is 0.174. The number of amides is 1. The summed E-state index contributed by atoms with van der Waals surface area (Å²) in [4.78, 5) is 27.9. The van der Waals surface area contributed by atoms with Crippen LogP contribution in [0.2, 0.25) is 0 Å². The Morgan fingerprint density at radius 2 is 1.84 bits per heavy atom. The zero-order chi connectivity index (χ0) is 22.2. The van der Waals surface area contributed by atoms with E-state index >= 15 is 0 Å². The minimum absolute atomic E-state index is 0.0349. The first-order valence-electron chi connectivity index (χ1n) is 9.37. The third-order valence-corrected chi connectivity index (χ3v) is 5.17. The summed E-state index contributed by atoms with van der Waals surface area (Å²) in [6, 6.07) is 12.6. The summed E-state index contributed by atoms with van der Waals surface area (Å²) in [7, 11) is 0. The molecule has 0 radical (unpaired) electrons. The number of nitrogens with one attached hydrogen (secondary N) is 1. The molecule has 0 unspecified atom stereocenters. The van der Waals surface area contributed by atoms with Gasteiger partial charge in [0, 0.05) is 5.56 Å². The van der Waals surface area contributed by atoms with Crippen LogP contribution in [-0.2, 0) is 11.2 Å². The monoisotopic (exact) mass is 438 g/mol.